The van der Waals surface area contributed by atoms with Crippen LogP contribution in [0.2, 0.25) is 0 Å². The van der Waals surface area contributed by atoms with Crippen LogP contribution in [-0.4, -0.2) is 14.7 Å². The van der Waals surface area contributed by atoms with E-state index in [-0.39, 0.29) is 10.5 Å². The molecule has 0 saturated carbocycles. The molecule has 0 fully saturated rings. The molecule has 0 N–H and O–H groups in total. The Labute approximate surface area is 77.5 Å². The summed E-state index contributed by atoms with van der Waals surface area (Å²) in [5.41, 5.74) is 0.823. The third-order valence-electron chi connectivity index (χ3n) is 1.70. The maximum absolute atomic E-state index is 11.3. The Bertz CT molecular complexity index is 469. The molecule has 0 radical (unpaired) electrons. The van der Waals surface area contributed by atoms with Crippen molar-refractivity contribution >= 4 is 9.84 Å². The smallest absolute Gasteiger partial charge is 0.177 e. The van der Waals surface area contributed by atoms with Crippen molar-refractivity contribution in [1.29, 1.82) is 5.26 Å². The van der Waals surface area contributed by atoms with Crippen LogP contribution in [0.3, 0.4) is 0 Å². The van der Waals surface area contributed by atoms with Gasteiger partial charge in [0.05, 0.1) is 10.5 Å². The first-order valence-electron chi connectivity index (χ1n) is 3.66. The Balaban J connectivity index is 3.62. The van der Waals surface area contributed by atoms with Crippen LogP contribution in [0.25, 0.3) is 0 Å². The van der Waals surface area contributed by atoms with Crippen LogP contribution in [0.5, 0.6) is 0 Å². The van der Waals surface area contributed by atoms with Gasteiger partial charge in [-0.15, -0.1) is 0 Å². The predicted octanol–water partition coefficient (Wildman–Crippen LogP) is 1.27. The molecule has 0 amide bonds. The molecule has 0 heterocycles. The zero-order valence-corrected chi connectivity index (χ0v) is 8.22. The first-order chi connectivity index (χ1) is 5.96. The van der Waals surface area contributed by atoms with Crippen molar-refractivity contribution in [1.82, 2.24) is 0 Å². The highest BCUT2D eigenvalue weighted by Gasteiger charge is 2.15. The second-order valence-electron chi connectivity index (χ2n) is 2.84. The third kappa shape index (κ3) is 1.87. The lowest BCUT2D eigenvalue weighted by Gasteiger charge is -2.04. The zero-order valence-electron chi connectivity index (χ0n) is 7.40. The normalized spacial score (nSPS) is 10.8. The van der Waals surface area contributed by atoms with Crippen LogP contribution < -0.4 is 0 Å². The van der Waals surface area contributed by atoms with Gasteiger partial charge in [-0.1, -0.05) is 12.1 Å². The van der Waals surface area contributed by atoms with Gasteiger partial charge in [-0.2, -0.15) is 5.26 Å². The Kier molecular flexibility index (Phi) is 2.39. The highest BCUT2D eigenvalue weighted by atomic mass is 32.2. The first-order valence-corrected chi connectivity index (χ1v) is 5.55. The fraction of sp³-hybridized carbons (Fsp3) is 0.222. The Hall–Kier alpha value is -1.34. The molecule has 0 bridgehead atoms. The average Bonchev–Trinajstić information content (AvgIpc) is 2.01. The molecular weight excluding hydrogens is 186 g/mol. The second-order valence-corrected chi connectivity index (χ2v) is 4.79. The van der Waals surface area contributed by atoms with Crippen molar-refractivity contribution < 1.29 is 8.42 Å². The van der Waals surface area contributed by atoms with Gasteiger partial charge in [0.15, 0.2) is 9.84 Å². The van der Waals surface area contributed by atoms with Crippen LogP contribution in [0.1, 0.15) is 11.1 Å². The molecule has 3 nitrogen and oxygen atoms in total. The Morgan fingerprint density at radius 2 is 2.00 bits per heavy atom. The van der Waals surface area contributed by atoms with Crippen molar-refractivity contribution in [2.24, 2.45) is 0 Å². The van der Waals surface area contributed by atoms with Crippen LogP contribution in [0.4, 0.5) is 0 Å². The van der Waals surface area contributed by atoms with Gasteiger partial charge in [-0.25, -0.2) is 8.42 Å². The van der Waals surface area contributed by atoms with E-state index in [0.717, 1.165) is 6.26 Å². The highest BCUT2D eigenvalue weighted by Crippen LogP contribution is 2.18. The maximum atomic E-state index is 11.3. The lowest BCUT2D eigenvalue weighted by molar-refractivity contribution is 0.601. The van der Waals surface area contributed by atoms with Gasteiger partial charge in [0, 0.05) is 6.26 Å². The van der Waals surface area contributed by atoms with E-state index in [4.69, 9.17) is 5.26 Å². The Morgan fingerprint density at radius 1 is 1.38 bits per heavy atom. The summed E-state index contributed by atoms with van der Waals surface area (Å²) in [5, 5.41) is 8.69. The fourth-order valence-corrected chi connectivity index (χ4v) is 2.40. The minimum Gasteiger partial charge on any atom is -0.224 e. The Morgan fingerprint density at radius 3 is 2.38 bits per heavy atom. The van der Waals surface area contributed by atoms with Gasteiger partial charge in [0.1, 0.15) is 6.07 Å². The molecule has 0 atom stereocenters. The molecule has 0 aliphatic carbocycles. The van der Waals surface area contributed by atoms with Crippen molar-refractivity contribution in [2.75, 3.05) is 6.26 Å². The molecule has 0 aliphatic rings. The van der Waals surface area contributed by atoms with Crippen LogP contribution in [0, 0.1) is 18.3 Å². The van der Waals surface area contributed by atoms with E-state index in [0.29, 0.717) is 5.56 Å². The molecule has 1 aromatic rings. The number of hydrogen-bond donors (Lipinski definition) is 0. The van der Waals surface area contributed by atoms with E-state index in [2.05, 4.69) is 0 Å². The molecule has 0 aromatic heterocycles. The summed E-state index contributed by atoms with van der Waals surface area (Å²) in [5.74, 6) is 0. The maximum Gasteiger partial charge on any atom is 0.177 e. The van der Waals surface area contributed by atoms with E-state index >= 15 is 0 Å². The molecule has 0 unspecified atom stereocenters. The zero-order chi connectivity index (χ0) is 10.1. The molecule has 0 saturated heterocycles. The summed E-state index contributed by atoms with van der Waals surface area (Å²) in [7, 11) is -3.30. The lowest BCUT2D eigenvalue weighted by atomic mass is 10.1. The van der Waals surface area contributed by atoms with Gasteiger partial charge in [0.2, 0.25) is 0 Å². The van der Waals surface area contributed by atoms with Gasteiger partial charge in [-0.3, -0.25) is 0 Å². The summed E-state index contributed by atoms with van der Waals surface area (Å²) in [6.45, 7) is 1.68. The molecular formula is C9H9NO2S. The number of rotatable bonds is 1. The first kappa shape index (κ1) is 9.75. The number of benzene rings is 1. The van der Waals surface area contributed by atoms with Crippen LogP contribution in [0.15, 0.2) is 23.1 Å². The number of nitriles is 1. The molecule has 13 heavy (non-hydrogen) atoms. The second kappa shape index (κ2) is 3.19. The summed E-state index contributed by atoms with van der Waals surface area (Å²) in [4.78, 5) is 0.137. The number of sulfone groups is 1. The average molecular weight is 195 g/mol. The standard InChI is InChI=1S/C9H9NO2S/c1-7-4-3-5-8(6-10)9(7)13(2,11)12/h3-5H,1-2H3. The topological polar surface area (TPSA) is 57.9 Å². The molecule has 1 rings (SSSR count). The van der Waals surface area contributed by atoms with Gasteiger partial charge in [0.25, 0.3) is 0 Å². The van der Waals surface area contributed by atoms with Crippen molar-refractivity contribution in [2.45, 2.75) is 11.8 Å². The molecule has 0 aliphatic heterocycles. The number of nitrogens with zero attached hydrogens (tertiary/aromatic N) is 1. The summed E-state index contributed by atoms with van der Waals surface area (Å²) in [6.07, 6.45) is 1.11. The highest BCUT2D eigenvalue weighted by molar-refractivity contribution is 7.90. The van der Waals surface area contributed by atoms with Crippen molar-refractivity contribution in [3.63, 3.8) is 0 Å². The lowest BCUT2D eigenvalue weighted by Crippen LogP contribution is -2.02. The van der Waals surface area contributed by atoms with E-state index in [9.17, 15) is 8.42 Å². The third-order valence-corrected chi connectivity index (χ3v) is 2.99. The summed E-state index contributed by atoms with van der Waals surface area (Å²) in [6, 6.07) is 6.71. The van der Waals surface area contributed by atoms with Crippen molar-refractivity contribution in [3.8, 4) is 6.07 Å². The van der Waals surface area contributed by atoms with E-state index in [1.54, 1.807) is 19.1 Å². The minimum atomic E-state index is -3.30. The monoisotopic (exact) mass is 195 g/mol. The van der Waals surface area contributed by atoms with Gasteiger partial charge < -0.3 is 0 Å². The molecule has 4 heteroatoms. The number of hydrogen-bond acceptors (Lipinski definition) is 3. The molecule has 0 spiro atoms. The van der Waals surface area contributed by atoms with Crippen LogP contribution >= 0.6 is 0 Å². The fourth-order valence-electron chi connectivity index (χ4n) is 1.23. The quantitative estimate of drug-likeness (QED) is 0.678. The SMILES string of the molecule is Cc1cccc(C#N)c1S(C)(=O)=O. The minimum absolute atomic E-state index is 0.137. The number of aryl methyl sites for hydroxylation is 1. The van der Waals surface area contributed by atoms with Gasteiger partial charge >= 0.3 is 0 Å². The summed E-state index contributed by atoms with van der Waals surface area (Å²) >= 11 is 0. The van der Waals surface area contributed by atoms with E-state index in [1.165, 1.54) is 6.07 Å². The van der Waals surface area contributed by atoms with Crippen molar-refractivity contribution in [3.05, 3.63) is 29.3 Å². The molecule has 68 valence electrons. The van der Waals surface area contributed by atoms with Crippen LogP contribution in [-0.2, 0) is 9.84 Å². The summed E-state index contributed by atoms with van der Waals surface area (Å²) < 4.78 is 22.6. The van der Waals surface area contributed by atoms with E-state index in [1.807, 2.05) is 6.07 Å². The molecule has 1 aromatic carbocycles. The van der Waals surface area contributed by atoms with E-state index < -0.39 is 9.84 Å². The largest absolute Gasteiger partial charge is 0.224 e. The van der Waals surface area contributed by atoms with Gasteiger partial charge in [-0.05, 0) is 18.6 Å². The predicted molar refractivity (Wildman–Crippen MR) is 49.0 cm³/mol.